The largest absolute Gasteiger partial charge is 0.501 e. The molecule has 48 valence electrons. The molecule has 3 heteroatoms. The predicted octanol–water partition coefficient (Wildman–Crippen LogP) is 2.37. The molecule has 0 radical (unpaired) electrons. The molecule has 0 fully saturated rings. The Kier molecular flexibility index (Phi) is 23.5. The van der Waals surface area contributed by atoms with E-state index in [-0.39, 0.29) is 66.6 Å². The van der Waals surface area contributed by atoms with Crippen molar-refractivity contribution in [1.29, 1.82) is 0 Å². The molecule has 0 saturated heterocycles. The third-order valence-corrected chi connectivity index (χ3v) is 0.814. The van der Waals surface area contributed by atoms with E-state index in [4.69, 9.17) is 0 Å². The van der Waals surface area contributed by atoms with Crippen molar-refractivity contribution in [3.63, 3.8) is 0 Å². The van der Waals surface area contributed by atoms with Gasteiger partial charge in [-0.15, -0.1) is 24.8 Å². The van der Waals surface area contributed by atoms with Gasteiger partial charge >= 0.3 is 0 Å². The molecule has 0 aromatic carbocycles. The number of hydrogen-bond acceptors (Lipinski definition) is 0. The van der Waals surface area contributed by atoms with Crippen molar-refractivity contribution < 1.29 is 41.7 Å². The van der Waals surface area contributed by atoms with Gasteiger partial charge in [-0.3, -0.25) is 6.08 Å². The Labute approximate surface area is 96.7 Å². The smallest absolute Gasteiger partial charge is 0 e. The van der Waals surface area contributed by atoms with Crippen molar-refractivity contribution in [2.24, 2.45) is 0 Å². The molecule has 0 unspecified atom stereocenters. The van der Waals surface area contributed by atoms with Crippen LogP contribution in [-0.2, 0) is 0 Å². The van der Waals surface area contributed by atoms with E-state index >= 15 is 0 Å². The summed E-state index contributed by atoms with van der Waals surface area (Å²) in [6, 6.07) is 0. The quantitative estimate of drug-likeness (QED) is 0.598. The SMILES string of the molecule is Cl.Cl.[C-]1=CCCC1.[Ce]. The first-order valence-electron chi connectivity index (χ1n) is 2.05. The fourth-order valence-corrected chi connectivity index (χ4v) is 0.510. The Bertz CT molecular complexity index is 48.4. The Hall–Kier alpha value is 1.70. The predicted molar refractivity (Wildman–Crippen MR) is 36.2 cm³/mol. The van der Waals surface area contributed by atoms with Crippen LogP contribution in [-0.4, -0.2) is 0 Å². The average Bonchev–Trinajstić information content (AvgIpc) is 1.76. The number of hydrogen-bond donors (Lipinski definition) is 0. The summed E-state index contributed by atoms with van der Waals surface area (Å²) < 4.78 is 0. The van der Waals surface area contributed by atoms with Gasteiger partial charge in [-0.25, -0.2) is 0 Å². The second kappa shape index (κ2) is 11.5. The van der Waals surface area contributed by atoms with Crippen LogP contribution in [0.4, 0.5) is 0 Å². The fraction of sp³-hybridized carbons (Fsp3) is 0.600. The van der Waals surface area contributed by atoms with Crippen molar-refractivity contribution in [3.05, 3.63) is 12.2 Å². The molecular weight excluding hydrogens is 271 g/mol. The van der Waals surface area contributed by atoms with E-state index in [1.54, 1.807) is 0 Å². The van der Waals surface area contributed by atoms with E-state index in [0.29, 0.717) is 0 Å². The molecule has 0 amide bonds. The van der Waals surface area contributed by atoms with Crippen LogP contribution in [0.15, 0.2) is 6.08 Å². The molecule has 0 aromatic rings. The van der Waals surface area contributed by atoms with Gasteiger partial charge in [0.15, 0.2) is 0 Å². The molecule has 0 saturated carbocycles. The first-order chi connectivity index (χ1) is 2.50. The molecule has 0 atom stereocenters. The summed E-state index contributed by atoms with van der Waals surface area (Å²) in [6.45, 7) is 0. The third-order valence-electron chi connectivity index (χ3n) is 0.814. The summed E-state index contributed by atoms with van der Waals surface area (Å²) in [5.74, 6) is 0. The summed E-state index contributed by atoms with van der Waals surface area (Å²) >= 11 is 0. The van der Waals surface area contributed by atoms with Crippen LogP contribution in [0.5, 0.6) is 0 Å². The molecule has 0 aliphatic heterocycles. The third kappa shape index (κ3) is 7.70. The zero-order valence-corrected chi connectivity index (χ0v) is 9.29. The van der Waals surface area contributed by atoms with Crippen molar-refractivity contribution in [3.8, 4) is 0 Å². The second-order valence-electron chi connectivity index (χ2n) is 1.30. The Morgan fingerprint density at radius 1 is 1.25 bits per heavy atom. The standard InChI is InChI=1S/C5H7.Ce.2ClH/c1-2-4-5-3-1;;;/h1H,2,4-5H2;;2*1H/q-1;;;. The molecule has 1 aliphatic carbocycles. The maximum atomic E-state index is 3.10. The van der Waals surface area contributed by atoms with Gasteiger partial charge in [0, 0.05) is 41.7 Å². The van der Waals surface area contributed by atoms with Crippen LogP contribution in [0.25, 0.3) is 0 Å². The van der Waals surface area contributed by atoms with Gasteiger partial charge in [-0.1, -0.05) is 12.8 Å². The molecule has 1 aliphatic rings. The Morgan fingerprint density at radius 2 is 1.88 bits per heavy atom. The summed E-state index contributed by atoms with van der Waals surface area (Å²) in [6.07, 6.45) is 9.00. The van der Waals surface area contributed by atoms with Crippen LogP contribution in [0.3, 0.4) is 0 Å². The van der Waals surface area contributed by atoms with E-state index in [1.807, 2.05) is 0 Å². The van der Waals surface area contributed by atoms with Crippen LogP contribution < -0.4 is 0 Å². The van der Waals surface area contributed by atoms with Gasteiger partial charge in [-0.2, -0.15) is 6.42 Å². The molecule has 0 heterocycles. The summed E-state index contributed by atoms with van der Waals surface area (Å²) in [5.41, 5.74) is 0. The number of allylic oxidation sites excluding steroid dienone is 2. The average molecular weight is 280 g/mol. The molecule has 0 nitrogen and oxygen atoms in total. The van der Waals surface area contributed by atoms with Gasteiger partial charge < -0.3 is 6.08 Å². The zero-order chi connectivity index (χ0) is 3.54. The van der Waals surface area contributed by atoms with Crippen molar-refractivity contribution in [2.75, 3.05) is 0 Å². The number of rotatable bonds is 0. The van der Waals surface area contributed by atoms with Gasteiger partial charge in [0.05, 0.1) is 0 Å². The van der Waals surface area contributed by atoms with E-state index in [1.165, 1.54) is 19.3 Å². The van der Waals surface area contributed by atoms with Crippen LogP contribution in [0.1, 0.15) is 19.3 Å². The van der Waals surface area contributed by atoms with Gasteiger partial charge in [0.25, 0.3) is 0 Å². The van der Waals surface area contributed by atoms with E-state index < -0.39 is 0 Å². The first-order valence-corrected chi connectivity index (χ1v) is 2.05. The minimum atomic E-state index is 0. The maximum absolute atomic E-state index is 3.10. The van der Waals surface area contributed by atoms with Crippen molar-refractivity contribution >= 4 is 24.8 Å². The van der Waals surface area contributed by atoms with Gasteiger partial charge in [-0.05, 0) is 0 Å². The van der Waals surface area contributed by atoms with Crippen LogP contribution in [0, 0.1) is 47.8 Å². The van der Waals surface area contributed by atoms with Gasteiger partial charge in [0.1, 0.15) is 0 Å². The molecule has 1 rings (SSSR count). The van der Waals surface area contributed by atoms with E-state index in [9.17, 15) is 0 Å². The minimum absolute atomic E-state index is 0. The Balaban J connectivity index is -0.0000000833. The summed E-state index contributed by atoms with van der Waals surface area (Å²) in [7, 11) is 0. The zero-order valence-electron chi connectivity index (χ0n) is 4.52. The maximum Gasteiger partial charge on any atom is 0 e. The molecular formula is C5H9CeCl2-. The Morgan fingerprint density at radius 3 is 2.00 bits per heavy atom. The van der Waals surface area contributed by atoms with Crippen LogP contribution in [0.2, 0.25) is 0 Å². The molecule has 0 bridgehead atoms. The topological polar surface area (TPSA) is 0 Å². The summed E-state index contributed by atoms with van der Waals surface area (Å²) in [5, 5.41) is 0. The normalized spacial score (nSPS) is 13.0. The molecule has 0 aromatic heterocycles. The molecule has 0 N–H and O–H groups in total. The fourth-order valence-electron chi connectivity index (χ4n) is 0.510. The monoisotopic (exact) mass is 279 g/mol. The van der Waals surface area contributed by atoms with E-state index in [0.717, 1.165) is 0 Å². The molecule has 8 heavy (non-hydrogen) atoms. The van der Waals surface area contributed by atoms with Gasteiger partial charge in [0.2, 0.25) is 0 Å². The second-order valence-corrected chi connectivity index (χ2v) is 1.30. The first kappa shape index (κ1) is 16.4. The number of halogens is 2. The van der Waals surface area contributed by atoms with E-state index in [2.05, 4.69) is 12.2 Å². The van der Waals surface area contributed by atoms with Crippen molar-refractivity contribution in [1.82, 2.24) is 0 Å². The van der Waals surface area contributed by atoms with Crippen molar-refractivity contribution in [2.45, 2.75) is 19.3 Å². The molecule has 0 spiro atoms. The minimum Gasteiger partial charge on any atom is -0.501 e. The van der Waals surface area contributed by atoms with Crippen LogP contribution >= 0.6 is 24.8 Å². The summed E-state index contributed by atoms with van der Waals surface area (Å²) in [4.78, 5) is 0.